The number of hydrogen-bond donors (Lipinski definition) is 2. The number of rotatable bonds is 5. The third kappa shape index (κ3) is 2.77. The summed E-state index contributed by atoms with van der Waals surface area (Å²) in [6.45, 7) is 0. The van der Waals surface area contributed by atoms with Crippen LogP contribution < -0.4 is 10.5 Å². The molecule has 2 saturated carbocycles. The molecule has 1 aromatic rings. The number of hydrogen-bond acceptors (Lipinski definition) is 4. The molecule has 0 unspecified atom stereocenters. The van der Waals surface area contributed by atoms with Crippen LogP contribution in [0.4, 0.5) is 0 Å². The second kappa shape index (κ2) is 5.35. The third-order valence-corrected chi connectivity index (χ3v) is 7.07. The highest BCUT2D eigenvalue weighted by Gasteiger charge is 2.56. The summed E-state index contributed by atoms with van der Waals surface area (Å²) in [6, 6.07) is 9.52. The topological polar surface area (TPSA) is 89.3 Å². The molecule has 3 N–H and O–H groups in total. The number of sulfonamides is 1. The first kappa shape index (κ1) is 15.5. The van der Waals surface area contributed by atoms with Crippen LogP contribution in [0.5, 0.6) is 0 Å². The summed E-state index contributed by atoms with van der Waals surface area (Å²) in [4.78, 5) is 12.3. The second-order valence-electron chi connectivity index (χ2n) is 6.64. The number of carbonyl (C=O) groups is 1. The van der Waals surface area contributed by atoms with Crippen LogP contribution in [-0.4, -0.2) is 24.6 Å². The van der Waals surface area contributed by atoms with Gasteiger partial charge in [0.15, 0.2) is 0 Å². The van der Waals surface area contributed by atoms with Crippen LogP contribution in [0.3, 0.4) is 0 Å². The maximum absolute atomic E-state index is 12.6. The standard InChI is InChI=1S/C16H22N2O3S/c17-16(8-4-5-9-16)14(19)18-22(20,21)15(10-11-15)12-13-6-2-1-3-7-13/h1-3,6-7H,4-5,8-12,17H2,(H,18,19). The predicted octanol–water partition coefficient (Wildman–Crippen LogP) is 1.48. The van der Waals surface area contributed by atoms with Crippen molar-refractivity contribution in [3.63, 3.8) is 0 Å². The van der Waals surface area contributed by atoms with Gasteiger partial charge in [-0.3, -0.25) is 9.52 Å². The summed E-state index contributed by atoms with van der Waals surface area (Å²) >= 11 is 0. The smallest absolute Gasteiger partial charge is 0.253 e. The van der Waals surface area contributed by atoms with Gasteiger partial charge in [0.05, 0.1) is 10.3 Å². The van der Waals surface area contributed by atoms with Gasteiger partial charge in [-0.1, -0.05) is 43.2 Å². The largest absolute Gasteiger partial charge is 0.317 e. The van der Waals surface area contributed by atoms with E-state index in [1.165, 1.54) is 0 Å². The van der Waals surface area contributed by atoms with Crippen LogP contribution in [0.2, 0.25) is 0 Å². The van der Waals surface area contributed by atoms with Gasteiger partial charge < -0.3 is 5.73 Å². The molecule has 0 aromatic heterocycles. The van der Waals surface area contributed by atoms with Gasteiger partial charge in [0.2, 0.25) is 10.0 Å². The number of amides is 1. The summed E-state index contributed by atoms with van der Waals surface area (Å²) in [5.41, 5.74) is 6.00. The Morgan fingerprint density at radius 2 is 1.68 bits per heavy atom. The molecule has 1 aromatic carbocycles. The first-order valence-electron chi connectivity index (χ1n) is 7.77. The molecule has 6 heteroatoms. The van der Waals surface area contributed by atoms with Gasteiger partial charge in [-0.15, -0.1) is 0 Å². The molecule has 2 aliphatic rings. The van der Waals surface area contributed by atoms with Crippen LogP contribution in [0.25, 0.3) is 0 Å². The minimum atomic E-state index is -3.70. The number of nitrogens with two attached hydrogens (primary N) is 1. The van der Waals surface area contributed by atoms with E-state index in [-0.39, 0.29) is 0 Å². The molecule has 0 bridgehead atoms. The van der Waals surface area contributed by atoms with Gasteiger partial charge in [-0.25, -0.2) is 8.42 Å². The molecule has 0 saturated heterocycles. The van der Waals surface area contributed by atoms with Crippen molar-refractivity contribution in [1.29, 1.82) is 0 Å². The Kier molecular flexibility index (Phi) is 3.77. The monoisotopic (exact) mass is 322 g/mol. The van der Waals surface area contributed by atoms with Crippen molar-refractivity contribution in [2.24, 2.45) is 5.73 Å². The molecule has 22 heavy (non-hydrogen) atoms. The fourth-order valence-corrected chi connectivity index (χ4v) is 4.87. The van der Waals surface area contributed by atoms with Crippen LogP contribution in [-0.2, 0) is 21.2 Å². The van der Waals surface area contributed by atoms with E-state index in [4.69, 9.17) is 5.73 Å². The van der Waals surface area contributed by atoms with E-state index in [1.54, 1.807) is 0 Å². The van der Waals surface area contributed by atoms with Gasteiger partial charge >= 0.3 is 0 Å². The zero-order valence-electron chi connectivity index (χ0n) is 12.5. The van der Waals surface area contributed by atoms with E-state index in [0.717, 1.165) is 18.4 Å². The van der Waals surface area contributed by atoms with Crippen LogP contribution in [0.15, 0.2) is 30.3 Å². The Balaban J connectivity index is 1.74. The maximum atomic E-state index is 12.6. The average Bonchev–Trinajstić information content (AvgIpc) is 3.13. The Labute approximate surface area is 131 Å². The Bertz CT molecular complexity index is 660. The molecular weight excluding hydrogens is 300 g/mol. The lowest BCUT2D eigenvalue weighted by atomic mass is 9.99. The molecule has 0 heterocycles. The Morgan fingerprint density at radius 3 is 2.23 bits per heavy atom. The lowest BCUT2D eigenvalue weighted by Crippen LogP contribution is -2.55. The van der Waals surface area contributed by atoms with Gasteiger partial charge in [-0.05, 0) is 37.7 Å². The van der Waals surface area contributed by atoms with E-state index in [0.29, 0.717) is 32.1 Å². The summed E-state index contributed by atoms with van der Waals surface area (Å²) in [5, 5.41) is 0. The van der Waals surface area contributed by atoms with Gasteiger partial charge in [0, 0.05) is 0 Å². The summed E-state index contributed by atoms with van der Waals surface area (Å²) in [5.74, 6) is -0.538. The first-order valence-corrected chi connectivity index (χ1v) is 9.25. The van der Waals surface area contributed by atoms with Crippen molar-refractivity contribution in [2.45, 2.75) is 55.2 Å². The minimum Gasteiger partial charge on any atom is -0.317 e. The number of carbonyl (C=O) groups excluding carboxylic acids is 1. The number of nitrogens with one attached hydrogen (secondary N) is 1. The quantitative estimate of drug-likeness (QED) is 0.859. The molecule has 120 valence electrons. The highest BCUT2D eigenvalue weighted by molar-refractivity contribution is 7.91. The minimum absolute atomic E-state index is 0.439. The number of benzene rings is 1. The molecule has 2 aliphatic carbocycles. The Hall–Kier alpha value is -1.40. The van der Waals surface area contributed by atoms with Gasteiger partial charge in [0.1, 0.15) is 0 Å². The van der Waals surface area contributed by atoms with Gasteiger partial charge in [0.25, 0.3) is 5.91 Å². The normalized spacial score (nSPS) is 22.2. The molecule has 1 amide bonds. The fraction of sp³-hybridized carbons (Fsp3) is 0.562. The van der Waals surface area contributed by atoms with Crippen molar-refractivity contribution in [3.05, 3.63) is 35.9 Å². The summed E-state index contributed by atoms with van der Waals surface area (Å²) in [6.07, 6.45) is 4.47. The van der Waals surface area contributed by atoms with Gasteiger partial charge in [-0.2, -0.15) is 0 Å². The SMILES string of the molecule is NC1(C(=O)NS(=O)(=O)C2(Cc3ccccc3)CC2)CCCC1. The lowest BCUT2D eigenvalue weighted by molar-refractivity contribution is -0.124. The van der Waals surface area contributed by atoms with E-state index in [2.05, 4.69) is 4.72 Å². The van der Waals surface area contributed by atoms with E-state index < -0.39 is 26.2 Å². The molecule has 0 spiro atoms. The Morgan fingerprint density at radius 1 is 1.09 bits per heavy atom. The third-order valence-electron chi connectivity index (χ3n) is 4.92. The van der Waals surface area contributed by atoms with Crippen molar-refractivity contribution in [3.8, 4) is 0 Å². The molecule has 0 atom stereocenters. The van der Waals surface area contributed by atoms with Crippen molar-refractivity contribution >= 4 is 15.9 Å². The molecule has 0 radical (unpaired) electrons. The zero-order chi connectivity index (χ0) is 15.8. The first-order chi connectivity index (χ1) is 10.4. The highest BCUT2D eigenvalue weighted by Crippen LogP contribution is 2.46. The van der Waals surface area contributed by atoms with Crippen LogP contribution >= 0.6 is 0 Å². The molecular formula is C16H22N2O3S. The molecule has 5 nitrogen and oxygen atoms in total. The van der Waals surface area contributed by atoms with E-state index in [9.17, 15) is 13.2 Å². The van der Waals surface area contributed by atoms with Crippen molar-refractivity contribution < 1.29 is 13.2 Å². The van der Waals surface area contributed by atoms with Crippen molar-refractivity contribution in [2.75, 3.05) is 0 Å². The lowest BCUT2D eigenvalue weighted by Gasteiger charge is -2.24. The summed E-state index contributed by atoms with van der Waals surface area (Å²) in [7, 11) is -3.70. The van der Waals surface area contributed by atoms with E-state index >= 15 is 0 Å². The predicted molar refractivity (Wildman–Crippen MR) is 84.6 cm³/mol. The zero-order valence-corrected chi connectivity index (χ0v) is 13.4. The summed E-state index contributed by atoms with van der Waals surface area (Å²) < 4.78 is 26.7. The second-order valence-corrected chi connectivity index (χ2v) is 8.72. The average molecular weight is 322 g/mol. The fourth-order valence-electron chi connectivity index (χ4n) is 3.21. The van der Waals surface area contributed by atoms with Crippen LogP contribution in [0.1, 0.15) is 44.1 Å². The molecule has 0 aliphatic heterocycles. The highest BCUT2D eigenvalue weighted by atomic mass is 32.2. The molecule has 3 rings (SSSR count). The molecule has 2 fully saturated rings. The van der Waals surface area contributed by atoms with Crippen LogP contribution in [0, 0.1) is 0 Å². The van der Waals surface area contributed by atoms with E-state index in [1.807, 2.05) is 30.3 Å². The van der Waals surface area contributed by atoms with Crippen molar-refractivity contribution in [1.82, 2.24) is 4.72 Å². The maximum Gasteiger partial charge on any atom is 0.253 e.